The van der Waals surface area contributed by atoms with Gasteiger partial charge >= 0.3 is 0 Å². The smallest absolute Gasteiger partial charge is 0.265 e. The van der Waals surface area contributed by atoms with Crippen molar-refractivity contribution in [1.29, 1.82) is 0 Å². The maximum Gasteiger partial charge on any atom is 0.265 e. The molecule has 0 bridgehead atoms. The third-order valence-corrected chi connectivity index (χ3v) is 5.34. The molecule has 140 valence electrons. The molecular weight excluding hydrogens is 384 g/mol. The first kappa shape index (κ1) is 19.3. The molecule has 7 heteroatoms. The summed E-state index contributed by atoms with van der Waals surface area (Å²) in [7, 11) is 0. The Labute approximate surface area is 167 Å². The molecule has 0 aromatic heterocycles. The normalized spacial score (nSPS) is 13.7. The van der Waals surface area contributed by atoms with Gasteiger partial charge in [0.25, 0.3) is 11.8 Å². The highest BCUT2D eigenvalue weighted by atomic mass is 35.5. The number of rotatable bonds is 5. The second-order valence-corrected chi connectivity index (χ2v) is 7.43. The van der Waals surface area contributed by atoms with Crippen molar-refractivity contribution < 1.29 is 14.3 Å². The average Bonchev–Trinajstić information content (AvgIpc) is 2.68. The molecule has 27 heavy (non-hydrogen) atoms. The minimum atomic E-state index is -0.268. The summed E-state index contributed by atoms with van der Waals surface area (Å²) in [6, 6.07) is 14.2. The minimum absolute atomic E-state index is 0.265. The van der Waals surface area contributed by atoms with Crippen molar-refractivity contribution in [3.63, 3.8) is 0 Å². The van der Waals surface area contributed by atoms with Crippen LogP contribution in [-0.2, 0) is 16.1 Å². The molecule has 1 aliphatic rings. The van der Waals surface area contributed by atoms with Gasteiger partial charge in [-0.05, 0) is 36.8 Å². The van der Waals surface area contributed by atoms with Gasteiger partial charge in [0.2, 0.25) is 0 Å². The van der Waals surface area contributed by atoms with Crippen LogP contribution in [0.5, 0.6) is 0 Å². The minimum Gasteiger partial charge on any atom is -0.496 e. The summed E-state index contributed by atoms with van der Waals surface area (Å²) in [6.07, 6.45) is 0. The van der Waals surface area contributed by atoms with Crippen LogP contribution in [0.15, 0.2) is 59.2 Å². The SMILES string of the molecule is CC1=C(C(=O)Nc2ccccc2C(=O)NCc2ccc(Cl)cc2)SCCO1. The highest BCUT2D eigenvalue weighted by molar-refractivity contribution is 8.04. The lowest BCUT2D eigenvalue weighted by Gasteiger charge is -2.18. The summed E-state index contributed by atoms with van der Waals surface area (Å²) in [5, 5.41) is 6.33. The molecule has 2 aromatic rings. The molecule has 0 fully saturated rings. The van der Waals surface area contributed by atoms with Crippen LogP contribution in [0.25, 0.3) is 0 Å². The van der Waals surface area contributed by atoms with Gasteiger partial charge < -0.3 is 15.4 Å². The van der Waals surface area contributed by atoms with Crippen molar-refractivity contribution in [2.24, 2.45) is 0 Å². The van der Waals surface area contributed by atoms with Crippen LogP contribution in [0.4, 0.5) is 5.69 Å². The lowest BCUT2D eigenvalue weighted by molar-refractivity contribution is -0.112. The molecule has 5 nitrogen and oxygen atoms in total. The molecular formula is C20H19ClN2O3S. The van der Waals surface area contributed by atoms with Crippen LogP contribution in [0, 0.1) is 0 Å². The molecule has 0 unspecified atom stereocenters. The van der Waals surface area contributed by atoms with Crippen LogP contribution in [-0.4, -0.2) is 24.2 Å². The number of benzene rings is 2. The van der Waals surface area contributed by atoms with E-state index in [2.05, 4.69) is 10.6 Å². The molecule has 0 saturated heterocycles. The highest BCUT2D eigenvalue weighted by Gasteiger charge is 2.20. The zero-order valence-electron chi connectivity index (χ0n) is 14.8. The van der Waals surface area contributed by atoms with Crippen molar-refractivity contribution in [1.82, 2.24) is 5.32 Å². The van der Waals surface area contributed by atoms with E-state index < -0.39 is 0 Å². The van der Waals surface area contributed by atoms with Crippen LogP contribution >= 0.6 is 23.4 Å². The molecule has 1 aliphatic heterocycles. The van der Waals surface area contributed by atoms with Crippen molar-refractivity contribution in [3.05, 3.63) is 75.3 Å². The van der Waals surface area contributed by atoms with Gasteiger partial charge in [-0.15, -0.1) is 11.8 Å². The van der Waals surface area contributed by atoms with E-state index in [0.29, 0.717) is 40.1 Å². The number of hydrogen-bond donors (Lipinski definition) is 2. The van der Waals surface area contributed by atoms with Crippen LogP contribution in [0.3, 0.4) is 0 Å². The lowest BCUT2D eigenvalue weighted by atomic mass is 10.1. The molecule has 1 heterocycles. The topological polar surface area (TPSA) is 67.4 Å². The average molecular weight is 403 g/mol. The van der Waals surface area contributed by atoms with Gasteiger partial charge in [0.1, 0.15) is 10.7 Å². The molecule has 0 spiro atoms. The largest absolute Gasteiger partial charge is 0.496 e. The second kappa shape index (κ2) is 8.97. The number of anilines is 1. The zero-order valence-corrected chi connectivity index (χ0v) is 16.3. The van der Waals surface area contributed by atoms with Gasteiger partial charge in [-0.3, -0.25) is 9.59 Å². The van der Waals surface area contributed by atoms with Gasteiger partial charge in [0.15, 0.2) is 0 Å². The van der Waals surface area contributed by atoms with E-state index >= 15 is 0 Å². The van der Waals surface area contributed by atoms with E-state index in [1.807, 2.05) is 12.1 Å². The molecule has 0 aliphatic carbocycles. The van der Waals surface area contributed by atoms with E-state index in [-0.39, 0.29) is 11.8 Å². The number of carbonyl (C=O) groups is 2. The molecule has 0 radical (unpaired) electrons. The fourth-order valence-corrected chi connectivity index (χ4v) is 3.52. The monoisotopic (exact) mass is 402 g/mol. The van der Waals surface area contributed by atoms with Gasteiger partial charge in [-0.2, -0.15) is 0 Å². The third kappa shape index (κ3) is 5.05. The van der Waals surface area contributed by atoms with Crippen LogP contribution in [0.1, 0.15) is 22.8 Å². The maximum atomic E-state index is 12.6. The number of carbonyl (C=O) groups excluding carboxylic acids is 2. The first-order chi connectivity index (χ1) is 13.0. The third-order valence-electron chi connectivity index (χ3n) is 3.96. The van der Waals surface area contributed by atoms with E-state index in [4.69, 9.17) is 16.3 Å². The van der Waals surface area contributed by atoms with Crippen LogP contribution in [0.2, 0.25) is 5.02 Å². The lowest BCUT2D eigenvalue weighted by Crippen LogP contribution is -2.25. The van der Waals surface area contributed by atoms with Gasteiger partial charge in [-0.1, -0.05) is 35.9 Å². The number of ether oxygens (including phenoxy) is 1. The summed E-state index contributed by atoms with van der Waals surface area (Å²) in [5.41, 5.74) is 1.80. The van der Waals surface area contributed by atoms with E-state index in [0.717, 1.165) is 11.3 Å². The summed E-state index contributed by atoms with van der Waals surface area (Å²) in [4.78, 5) is 25.7. The predicted octanol–water partition coefficient (Wildman–Crippen LogP) is 4.20. The molecule has 0 atom stereocenters. The second-order valence-electron chi connectivity index (χ2n) is 5.89. The maximum absolute atomic E-state index is 12.6. The summed E-state index contributed by atoms with van der Waals surface area (Å²) < 4.78 is 5.43. The zero-order chi connectivity index (χ0) is 19.2. The molecule has 0 saturated carbocycles. The Hall–Kier alpha value is -2.44. The Morgan fingerprint density at radius 3 is 2.59 bits per heavy atom. The Balaban J connectivity index is 1.70. The number of amides is 2. The van der Waals surface area contributed by atoms with E-state index in [1.165, 1.54) is 11.8 Å². The predicted molar refractivity (Wildman–Crippen MR) is 109 cm³/mol. The fraction of sp³-hybridized carbons (Fsp3) is 0.200. The molecule has 3 rings (SSSR count). The molecule has 2 N–H and O–H groups in total. The summed E-state index contributed by atoms with van der Waals surface area (Å²) in [5.74, 6) is 0.797. The van der Waals surface area contributed by atoms with Crippen molar-refractivity contribution in [3.8, 4) is 0 Å². The number of allylic oxidation sites excluding steroid dienone is 1. The van der Waals surface area contributed by atoms with E-state index in [9.17, 15) is 9.59 Å². The Kier molecular flexibility index (Phi) is 6.42. The Morgan fingerprint density at radius 2 is 1.85 bits per heavy atom. The quantitative estimate of drug-likeness (QED) is 0.786. The van der Waals surface area contributed by atoms with Gasteiger partial charge in [0, 0.05) is 17.3 Å². The summed E-state index contributed by atoms with van der Waals surface area (Å²) >= 11 is 7.32. The van der Waals surface area contributed by atoms with Gasteiger partial charge in [-0.25, -0.2) is 0 Å². The van der Waals surface area contributed by atoms with Gasteiger partial charge in [0.05, 0.1) is 17.9 Å². The summed E-state index contributed by atoms with van der Waals surface area (Å²) in [6.45, 7) is 2.73. The number of para-hydroxylation sites is 1. The number of nitrogens with one attached hydrogen (secondary N) is 2. The van der Waals surface area contributed by atoms with Crippen molar-refractivity contribution in [2.45, 2.75) is 13.5 Å². The fourth-order valence-electron chi connectivity index (χ4n) is 2.58. The number of hydrogen-bond acceptors (Lipinski definition) is 4. The first-order valence-corrected chi connectivity index (χ1v) is 9.80. The molecule has 2 amide bonds. The molecule has 2 aromatic carbocycles. The Bertz CT molecular complexity index is 881. The highest BCUT2D eigenvalue weighted by Crippen LogP contribution is 2.27. The first-order valence-electron chi connectivity index (χ1n) is 8.44. The van der Waals surface area contributed by atoms with Crippen molar-refractivity contribution in [2.75, 3.05) is 17.7 Å². The number of thioether (sulfide) groups is 1. The Morgan fingerprint density at radius 1 is 1.11 bits per heavy atom. The standard InChI is InChI=1S/C20H19ClN2O3S/c1-13-18(27-11-10-26-13)20(25)23-17-5-3-2-4-16(17)19(24)22-12-14-6-8-15(21)9-7-14/h2-9H,10-12H2,1H3,(H,22,24)(H,23,25). The van der Waals surface area contributed by atoms with Crippen molar-refractivity contribution >= 4 is 40.9 Å². The number of halogens is 1. The van der Waals surface area contributed by atoms with E-state index in [1.54, 1.807) is 43.3 Å². The van der Waals surface area contributed by atoms with Crippen LogP contribution < -0.4 is 10.6 Å².